The number of carbonyl (C=O) groups is 2. The average Bonchev–Trinajstić information content (AvgIpc) is 3.23. The van der Waals surface area contributed by atoms with Crippen molar-refractivity contribution in [2.75, 3.05) is 33.2 Å². The number of rotatable bonds is 2. The predicted molar refractivity (Wildman–Crippen MR) is 135 cm³/mol. The Morgan fingerprint density at radius 2 is 1.86 bits per heavy atom. The Bertz CT molecular complexity index is 1480. The molecule has 0 bridgehead atoms. The lowest BCUT2D eigenvalue weighted by atomic mass is 9.86. The summed E-state index contributed by atoms with van der Waals surface area (Å²) in [6.45, 7) is 4.54. The van der Waals surface area contributed by atoms with Gasteiger partial charge in [0.2, 0.25) is 0 Å². The van der Waals surface area contributed by atoms with Crippen LogP contribution in [0.15, 0.2) is 35.1 Å². The first-order valence-corrected chi connectivity index (χ1v) is 11.9. The first-order chi connectivity index (χ1) is 16.8. The van der Waals surface area contributed by atoms with Crippen molar-refractivity contribution in [2.45, 2.75) is 32.1 Å². The van der Waals surface area contributed by atoms with E-state index in [1.807, 2.05) is 36.2 Å². The number of esters is 1. The number of likely N-dealkylation sites (N-methyl/N-ethyl adjacent to an activating group) is 1. The van der Waals surface area contributed by atoms with Crippen LogP contribution in [0.3, 0.4) is 0 Å². The van der Waals surface area contributed by atoms with E-state index in [4.69, 9.17) is 9.72 Å². The van der Waals surface area contributed by atoms with Gasteiger partial charge in [0.15, 0.2) is 5.60 Å². The van der Waals surface area contributed by atoms with E-state index in [2.05, 4.69) is 4.90 Å². The average molecular weight is 511 g/mol. The molecule has 3 aromatic rings. The van der Waals surface area contributed by atoms with Gasteiger partial charge in [-0.1, -0.05) is 25.1 Å². The molecule has 1 atom stereocenters. The highest BCUT2D eigenvalue weighted by molar-refractivity contribution is 6.09. The van der Waals surface area contributed by atoms with Crippen molar-refractivity contribution in [3.63, 3.8) is 0 Å². The molecule has 3 aliphatic heterocycles. The molecule has 1 fully saturated rings. The minimum Gasteiger partial charge on any atom is -0.458 e. The number of halogens is 1. The van der Waals surface area contributed by atoms with Gasteiger partial charge in [0.25, 0.3) is 11.5 Å². The second-order valence-corrected chi connectivity index (χ2v) is 9.53. The SMILES string of the molecule is CC[C@@]1(O)C(=O)OCc2c1cc1n(c2=O)Cc2c-1nc1ccccc1c2C(=O)N1CCN(C)CC1.Cl. The molecule has 6 rings (SSSR count). The van der Waals surface area contributed by atoms with Gasteiger partial charge in [0.05, 0.1) is 34.6 Å². The predicted octanol–water partition coefficient (Wildman–Crippen LogP) is 1.89. The van der Waals surface area contributed by atoms with Gasteiger partial charge in [-0.2, -0.15) is 0 Å². The van der Waals surface area contributed by atoms with Gasteiger partial charge in [0, 0.05) is 42.7 Å². The standard InChI is InChI=1S/C26H26N4O5.ClH/c1-3-26(34)18-12-20-22-16(13-30(20)23(31)17(18)14-35-25(26)33)21(15-6-4-5-7-19(15)27-22)24(32)29-10-8-28(2)9-11-29;/h4-7,12,34H,3,8-11,13-14H2,1-2H3;1H/t26-;/m0./s1. The number of fused-ring (bicyclic) bond motifs is 5. The van der Waals surface area contributed by atoms with E-state index < -0.39 is 11.6 Å². The van der Waals surface area contributed by atoms with E-state index in [-0.39, 0.29) is 54.6 Å². The highest BCUT2D eigenvalue weighted by Gasteiger charge is 2.45. The maximum Gasteiger partial charge on any atom is 0.343 e. The summed E-state index contributed by atoms with van der Waals surface area (Å²) in [5.74, 6) is -0.824. The van der Waals surface area contributed by atoms with Gasteiger partial charge in [-0.05, 0) is 25.6 Å². The van der Waals surface area contributed by atoms with E-state index >= 15 is 0 Å². The number of hydrogen-bond acceptors (Lipinski definition) is 7. The van der Waals surface area contributed by atoms with Gasteiger partial charge >= 0.3 is 5.97 Å². The summed E-state index contributed by atoms with van der Waals surface area (Å²) in [6, 6.07) is 9.18. The van der Waals surface area contributed by atoms with Gasteiger partial charge in [-0.3, -0.25) is 9.59 Å². The molecule has 0 unspecified atom stereocenters. The molecule has 1 amide bonds. The third-order valence-electron chi connectivity index (χ3n) is 7.60. The van der Waals surface area contributed by atoms with Crippen molar-refractivity contribution in [1.29, 1.82) is 0 Å². The van der Waals surface area contributed by atoms with Crippen LogP contribution in [0.25, 0.3) is 22.3 Å². The molecule has 36 heavy (non-hydrogen) atoms. The summed E-state index contributed by atoms with van der Waals surface area (Å²) in [7, 11) is 2.04. The van der Waals surface area contributed by atoms with E-state index in [1.165, 1.54) is 0 Å². The fourth-order valence-electron chi connectivity index (χ4n) is 5.44. The number of cyclic esters (lactones) is 1. The normalized spacial score (nSPS) is 20.9. The fraction of sp³-hybridized carbons (Fsp3) is 0.385. The number of amides is 1. The minimum absolute atomic E-state index is 0. The fourth-order valence-corrected chi connectivity index (χ4v) is 5.44. The number of nitrogens with zero attached hydrogens (tertiary/aromatic N) is 4. The number of carbonyl (C=O) groups excluding carboxylic acids is 2. The molecule has 9 nitrogen and oxygen atoms in total. The molecule has 2 aromatic heterocycles. The van der Waals surface area contributed by atoms with Crippen LogP contribution < -0.4 is 5.56 Å². The van der Waals surface area contributed by atoms with Crippen LogP contribution in [0.1, 0.15) is 40.4 Å². The monoisotopic (exact) mass is 510 g/mol. The van der Waals surface area contributed by atoms with Crippen LogP contribution >= 0.6 is 12.4 Å². The zero-order valence-electron chi connectivity index (χ0n) is 20.1. The third kappa shape index (κ3) is 3.37. The Labute approximate surface area is 213 Å². The molecular weight excluding hydrogens is 484 g/mol. The number of para-hydroxylation sites is 1. The van der Waals surface area contributed by atoms with Gasteiger partial charge < -0.3 is 24.2 Å². The first kappa shape index (κ1) is 24.4. The van der Waals surface area contributed by atoms with E-state index in [1.54, 1.807) is 17.6 Å². The number of pyridine rings is 2. The third-order valence-corrected chi connectivity index (χ3v) is 7.60. The quantitative estimate of drug-likeness (QED) is 0.410. The summed E-state index contributed by atoms with van der Waals surface area (Å²) in [5.41, 5.74) is 1.27. The molecular formula is C26H27ClN4O5. The number of piperazine rings is 1. The van der Waals surface area contributed by atoms with Crippen molar-refractivity contribution in [2.24, 2.45) is 0 Å². The Morgan fingerprint density at radius 1 is 1.14 bits per heavy atom. The van der Waals surface area contributed by atoms with Crippen LogP contribution in [0, 0.1) is 0 Å². The largest absolute Gasteiger partial charge is 0.458 e. The van der Waals surface area contributed by atoms with E-state index in [0.29, 0.717) is 41.1 Å². The molecule has 0 aliphatic carbocycles. The van der Waals surface area contributed by atoms with Crippen molar-refractivity contribution in [3.8, 4) is 11.4 Å². The number of hydrogen-bond donors (Lipinski definition) is 1. The Hall–Kier alpha value is -3.27. The van der Waals surface area contributed by atoms with Gasteiger partial charge in [-0.25, -0.2) is 9.78 Å². The van der Waals surface area contributed by atoms with Crippen molar-refractivity contribution in [1.82, 2.24) is 19.4 Å². The highest BCUT2D eigenvalue weighted by atomic mass is 35.5. The second-order valence-electron chi connectivity index (χ2n) is 9.53. The van der Waals surface area contributed by atoms with E-state index in [0.717, 1.165) is 18.5 Å². The molecule has 1 aromatic carbocycles. The lowest BCUT2D eigenvalue weighted by Gasteiger charge is -2.33. The summed E-state index contributed by atoms with van der Waals surface area (Å²) >= 11 is 0. The van der Waals surface area contributed by atoms with E-state index in [9.17, 15) is 19.5 Å². The molecule has 10 heteroatoms. The van der Waals surface area contributed by atoms with Gasteiger partial charge in [-0.15, -0.1) is 12.4 Å². The minimum atomic E-state index is -1.89. The number of aliphatic hydroxyl groups is 1. The lowest BCUT2D eigenvalue weighted by Crippen LogP contribution is -2.47. The summed E-state index contributed by atoms with van der Waals surface area (Å²) in [4.78, 5) is 48.7. The van der Waals surface area contributed by atoms with Crippen LogP contribution in [-0.4, -0.2) is 69.6 Å². The second kappa shape index (κ2) is 8.69. The van der Waals surface area contributed by atoms with Crippen molar-refractivity contribution in [3.05, 3.63) is 62.9 Å². The van der Waals surface area contributed by atoms with Crippen LogP contribution in [0.2, 0.25) is 0 Å². The first-order valence-electron chi connectivity index (χ1n) is 11.9. The Morgan fingerprint density at radius 3 is 2.58 bits per heavy atom. The number of ether oxygens (including phenoxy) is 1. The van der Waals surface area contributed by atoms with Crippen LogP contribution in [0.5, 0.6) is 0 Å². The molecule has 1 N–H and O–H groups in total. The zero-order chi connectivity index (χ0) is 24.5. The molecule has 0 saturated carbocycles. The molecule has 1 saturated heterocycles. The number of aromatic nitrogens is 2. The molecule has 5 heterocycles. The molecule has 188 valence electrons. The maximum atomic E-state index is 13.9. The molecule has 0 spiro atoms. The highest BCUT2D eigenvalue weighted by Crippen LogP contribution is 2.40. The Balaban J connectivity index is 0.00000267. The summed E-state index contributed by atoms with van der Waals surface area (Å²) < 4.78 is 6.73. The summed E-state index contributed by atoms with van der Waals surface area (Å²) in [5, 5.41) is 11.9. The molecule has 0 radical (unpaired) electrons. The topological polar surface area (TPSA) is 105 Å². The summed E-state index contributed by atoms with van der Waals surface area (Å²) in [6.07, 6.45) is 0.0763. The number of benzene rings is 1. The Kier molecular flexibility index (Phi) is 5.89. The van der Waals surface area contributed by atoms with Crippen molar-refractivity contribution >= 4 is 35.2 Å². The van der Waals surface area contributed by atoms with Crippen LogP contribution in [-0.2, 0) is 28.3 Å². The van der Waals surface area contributed by atoms with Crippen molar-refractivity contribution < 1.29 is 19.4 Å². The zero-order valence-corrected chi connectivity index (χ0v) is 20.9. The van der Waals surface area contributed by atoms with Crippen LogP contribution in [0.4, 0.5) is 0 Å². The lowest BCUT2D eigenvalue weighted by molar-refractivity contribution is -0.172. The smallest absolute Gasteiger partial charge is 0.343 e. The maximum absolute atomic E-state index is 13.9. The molecule has 3 aliphatic rings. The van der Waals surface area contributed by atoms with Gasteiger partial charge in [0.1, 0.15) is 6.61 Å².